The van der Waals surface area contributed by atoms with Gasteiger partial charge in [-0.25, -0.2) is 13.2 Å². The summed E-state index contributed by atoms with van der Waals surface area (Å²) in [6.07, 6.45) is 0.997. The van der Waals surface area contributed by atoms with Gasteiger partial charge in [0.05, 0.1) is 13.5 Å². The smallest absolute Gasteiger partial charge is 0.315 e. The Morgan fingerprint density at radius 2 is 1.62 bits per heavy atom. The normalized spacial score (nSPS) is 11.0. The molecule has 0 saturated heterocycles. The van der Waals surface area contributed by atoms with Crippen LogP contribution in [0.4, 0.5) is 22.0 Å². The molecule has 4 nitrogen and oxygen atoms in total. The minimum absolute atomic E-state index is 0.396. The first kappa shape index (κ1) is 17.7. The van der Waals surface area contributed by atoms with Crippen LogP contribution in [-0.2, 0) is 11.2 Å². The fourth-order valence-electron chi connectivity index (χ4n) is 2.41. The fraction of sp³-hybridized carbons (Fsp3) is 0.118. The third kappa shape index (κ3) is 2.96. The molecule has 3 aromatic rings. The maximum absolute atomic E-state index is 13.6. The number of H-pyrrole nitrogens is 1. The van der Waals surface area contributed by atoms with Crippen LogP contribution in [0.25, 0.3) is 10.9 Å². The highest BCUT2D eigenvalue weighted by Gasteiger charge is 2.28. The lowest BCUT2D eigenvalue weighted by atomic mass is 10.1. The van der Waals surface area contributed by atoms with Crippen LogP contribution in [0.1, 0.15) is 5.56 Å². The summed E-state index contributed by atoms with van der Waals surface area (Å²) in [5.74, 6) is -13.5. The molecule has 26 heavy (non-hydrogen) atoms. The van der Waals surface area contributed by atoms with E-state index in [0.717, 1.165) is 0 Å². The molecule has 0 atom stereocenters. The molecule has 0 saturated carbocycles. The number of methoxy groups -OCH3 is 1. The van der Waals surface area contributed by atoms with E-state index in [-0.39, 0.29) is 0 Å². The average Bonchev–Trinajstić information content (AvgIpc) is 3.03. The SMILES string of the molecule is COc1ccc2[nH]cc(CC(=O)Oc3c(F)c(F)c(F)c(F)c3F)c2c1. The lowest BCUT2D eigenvalue weighted by molar-refractivity contribution is -0.134. The van der Waals surface area contributed by atoms with E-state index in [1.807, 2.05) is 0 Å². The molecule has 0 unspecified atom stereocenters. The van der Waals surface area contributed by atoms with Crippen LogP contribution in [0.5, 0.6) is 11.5 Å². The molecule has 0 bridgehead atoms. The summed E-state index contributed by atoms with van der Waals surface area (Å²) in [6.45, 7) is 0. The first-order valence-corrected chi connectivity index (χ1v) is 7.19. The highest BCUT2D eigenvalue weighted by atomic mass is 19.2. The summed E-state index contributed by atoms with van der Waals surface area (Å²) in [4.78, 5) is 14.8. The number of carbonyl (C=O) groups excluding carboxylic acids is 1. The van der Waals surface area contributed by atoms with Gasteiger partial charge in [0.2, 0.25) is 34.8 Å². The zero-order valence-electron chi connectivity index (χ0n) is 13.1. The van der Waals surface area contributed by atoms with Crippen molar-refractivity contribution in [3.63, 3.8) is 0 Å². The predicted molar refractivity (Wildman–Crippen MR) is 80.4 cm³/mol. The van der Waals surface area contributed by atoms with E-state index in [9.17, 15) is 26.7 Å². The van der Waals surface area contributed by atoms with Gasteiger partial charge in [-0.2, -0.15) is 8.78 Å². The Bertz CT molecular complexity index is 986. The van der Waals surface area contributed by atoms with Gasteiger partial charge in [-0.1, -0.05) is 0 Å². The van der Waals surface area contributed by atoms with Gasteiger partial charge in [0.25, 0.3) is 0 Å². The Morgan fingerprint density at radius 1 is 1.00 bits per heavy atom. The van der Waals surface area contributed by atoms with Crippen LogP contribution < -0.4 is 9.47 Å². The third-order valence-corrected chi connectivity index (χ3v) is 3.69. The minimum Gasteiger partial charge on any atom is -0.497 e. The number of hydrogen-bond acceptors (Lipinski definition) is 3. The molecule has 136 valence electrons. The van der Waals surface area contributed by atoms with E-state index < -0.39 is 47.2 Å². The summed E-state index contributed by atoms with van der Waals surface area (Å²) in [5.41, 5.74) is 1.05. The minimum atomic E-state index is -2.33. The standard InChI is InChI=1S/C17H10F5NO3/c1-25-8-2-3-10-9(5-8)7(6-23-10)4-11(24)26-17-15(21)13(19)12(18)14(20)16(17)22/h2-3,5-6,23H,4H2,1H3. The number of carbonyl (C=O) groups is 1. The summed E-state index contributed by atoms with van der Waals surface area (Å²) in [7, 11) is 1.45. The van der Waals surface area contributed by atoms with Gasteiger partial charge >= 0.3 is 5.97 Å². The topological polar surface area (TPSA) is 51.3 Å². The fourth-order valence-corrected chi connectivity index (χ4v) is 2.41. The molecular formula is C17H10F5NO3. The summed E-state index contributed by atoms with van der Waals surface area (Å²) in [5, 5.41) is 0.582. The molecule has 1 N–H and O–H groups in total. The van der Waals surface area contributed by atoms with Crippen molar-refractivity contribution in [2.45, 2.75) is 6.42 Å². The monoisotopic (exact) mass is 371 g/mol. The number of aromatic amines is 1. The summed E-state index contributed by atoms with van der Waals surface area (Å²) < 4.78 is 75.9. The van der Waals surface area contributed by atoms with Gasteiger partial charge in [-0.05, 0) is 23.8 Å². The van der Waals surface area contributed by atoms with Crippen LogP contribution in [-0.4, -0.2) is 18.1 Å². The van der Waals surface area contributed by atoms with E-state index in [4.69, 9.17) is 4.74 Å². The van der Waals surface area contributed by atoms with Gasteiger partial charge in [0.15, 0.2) is 0 Å². The Hall–Kier alpha value is -3.10. The maximum atomic E-state index is 13.6. The Labute approximate surface area is 143 Å². The number of fused-ring (bicyclic) bond motifs is 1. The van der Waals surface area contributed by atoms with Crippen molar-refractivity contribution in [1.82, 2.24) is 4.98 Å². The number of hydrogen-bond donors (Lipinski definition) is 1. The molecule has 0 fully saturated rings. The van der Waals surface area contributed by atoms with E-state index in [2.05, 4.69) is 9.72 Å². The molecular weight excluding hydrogens is 361 g/mol. The Morgan fingerprint density at radius 3 is 2.23 bits per heavy atom. The van der Waals surface area contributed by atoms with Crippen LogP contribution in [0, 0.1) is 29.1 Å². The van der Waals surface area contributed by atoms with E-state index >= 15 is 0 Å². The first-order chi connectivity index (χ1) is 12.3. The van der Waals surface area contributed by atoms with Crippen LogP contribution in [0.3, 0.4) is 0 Å². The molecule has 9 heteroatoms. The number of nitrogens with one attached hydrogen (secondary N) is 1. The van der Waals surface area contributed by atoms with Crippen LogP contribution >= 0.6 is 0 Å². The largest absolute Gasteiger partial charge is 0.497 e. The molecule has 0 aliphatic rings. The number of rotatable bonds is 4. The van der Waals surface area contributed by atoms with Crippen molar-refractivity contribution in [3.8, 4) is 11.5 Å². The number of aromatic nitrogens is 1. The van der Waals surface area contributed by atoms with Crippen molar-refractivity contribution in [1.29, 1.82) is 0 Å². The number of ether oxygens (including phenoxy) is 2. The zero-order chi connectivity index (χ0) is 19.0. The van der Waals surface area contributed by atoms with Gasteiger partial charge in [0, 0.05) is 17.1 Å². The second-order valence-electron chi connectivity index (χ2n) is 5.28. The Balaban J connectivity index is 1.89. The first-order valence-electron chi connectivity index (χ1n) is 7.19. The maximum Gasteiger partial charge on any atom is 0.315 e. The number of benzene rings is 2. The summed E-state index contributed by atoms with van der Waals surface area (Å²) in [6, 6.07) is 4.98. The van der Waals surface area contributed by atoms with Crippen molar-refractivity contribution in [2.75, 3.05) is 7.11 Å². The molecule has 0 amide bonds. The van der Waals surface area contributed by atoms with Crippen molar-refractivity contribution >= 4 is 16.9 Å². The molecule has 0 spiro atoms. The van der Waals surface area contributed by atoms with E-state index in [1.54, 1.807) is 18.2 Å². The number of halogens is 5. The molecule has 0 aliphatic carbocycles. The van der Waals surface area contributed by atoms with Crippen LogP contribution in [0.15, 0.2) is 24.4 Å². The van der Waals surface area contributed by atoms with E-state index in [1.165, 1.54) is 13.3 Å². The second kappa shape index (κ2) is 6.66. The zero-order valence-corrected chi connectivity index (χ0v) is 13.1. The molecule has 2 aromatic carbocycles. The lowest BCUT2D eigenvalue weighted by Crippen LogP contribution is -2.15. The van der Waals surface area contributed by atoms with Crippen molar-refractivity contribution < 1.29 is 36.2 Å². The quantitative estimate of drug-likeness (QED) is 0.248. The van der Waals surface area contributed by atoms with Crippen molar-refractivity contribution in [3.05, 3.63) is 59.0 Å². The summed E-state index contributed by atoms with van der Waals surface area (Å²) >= 11 is 0. The second-order valence-corrected chi connectivity index (χ2v) is 5.28. The van der Waals surface area contributed by atoms with E-state index in [0.29, 0.717) is 22.2 Å². The molecule has 1 aromatic heterocycles. The molecule has 1 heterocycles. The molecule has 0 aliphatic heterocycles. The molecule has 3 rings (SSSR count). The average molecular weight is 371 g/mol. The van der Waals surface area contributed by atoms with Gasteiger partial charge < -0.3 is 14.5 Å². The van der Waals surface area contributed by atoms with Gasteiger partial charge in [-0.15, -0.1) is 0 Å². The van der Waals surface area contributed by atoms with Crippen LogP contribution in [0.2, 0.25) is 0 Å². The predicted octanol–water partition coefficient (Wildman–Crippen LogP) is 4.02. The Kier molecular flexibility index (Phi) is 4.54. The third-order valence-electron chi connectivity index (χ3n) is 3.69. The number of esters is 1. The molecule has 0 radical (unpaired) electrons. The van der Waals surface area contributed by atoms with Gasteiger partial charge in [0.1, 0.15) is 5.75 Å². The van der Waals surface area contributed by atoms with Crippen molar-refractivity contribution in [2.24, 2.45) is 0 Å². The highest BCUT2D eigenvalue weighted by molar-refractivity contribution is 5.88. The van der Waals surface area contributed by atoms with Gasteiger partial charge in [-0.3, -0.25) is 4.79 Å². The lowest BCUT2D eigenvalue weighted by Gasteiger charge is -2.08. The highest BCUT2D eigenvalue weighted by Crippen LogP contribution is 2.30.